The fourth-order valence-electron chi connectivity index (χ4n) is 4.65. The van der Waals surface area contributed by atoms with Crippen LogP contribution in [0.2, 0.25) is 0 Å². The Hall–Kier alpha value is -3.64. The van der Waals surface area contributed by atoms with Crippen LogP contribution < -0.4 is 9.47 Å². The largest absolute Gasteiger partial charge is 0.486 e. The zero-order chi connectivity index (χ0) is 23.5. The molecule has 174 valence electrons. The summed E-state index contributed by atoms with van der Waals surface area (Å²) >= 11 is 0. The van der Waals surface area contributed by atoms with E-state index in [1.165, 1.54) is 6.07 Å². The van der Waals surface area contributed by atoms with Gasteiger partial charge in [-0.25, -0.2) is 4.39 Å². The second-order valence-electron chi connectivity index (χ2n) is 8.81. The maximum Gasteiger partial charge on any atom is 0.317 e. The maximum absolute atomic E-state index is 15.0. The van der Waals surface area contributed by atoms with Crippen LogP contribution in [-0.4, -0.2) is 41.2 Å². The number of rotatable bonds is 6. The van der Waals surface area contributed by atoms with Gasteiger partial charge in [-0.3, -0.25) is 9.69 Å². The molecule has 1 spiro atoms. The highest BCUT2D eigenvalue weighted by molar-refractivity contribution is 5.85. The Morgan fingerprint density at radius 3 is 2.50 bits per heavy atom. The summed E-state index contributed by atoms with van der Waals surface area (Å²) in [6, 6.07) is 22.5. The quantitative estimate of drug-likeness (QED) is 0.553. The molecule has 6 heteroatoms. The minimum Gasteiger partial charge on any atom is -0.486 e. The minimum absolute atomic E-state index is 0.0267. The normalized spacial score (nSPS) is 16.9. The van der Waals surface area contributed by atoms with Crippen LogP contribution in [-0.2, 0) is 11.4 Å². The predicted octanol–water partition coefficient (Wildman–Crippen LogP) is 5.15. The van der Waals surface area contributed by atoms with E-state index in [2.05, 4.69) is 6.08 Å². The van der Waals surface area contributed by atoms with Crippen molar-refractivity contribution in [3.8, 4) is 11.5 Å². The number of aliphatic carboxylic acids is 1. The molecule has 0 aromatic heterocycles. The van der Waals surface area contributed by atoms with Gasteiger partial charge in [0.1, 0.15) is 18.0 Å². The Labute approximate surface area is 198 Å². The predicted molar refractivity (Wildman–Crippen MR) is 127 cm³/mol. The molecule has 34 heavy (non-hydrogen) atoms. The lowest BCUT2D eigenvalue weighted by Crippen LogP contribution is -2.49. The molecule has 1 N–H and O–H groups in total. The van der Waals surface area contributed by atoms with E-state index in [1.54, 1.807) is 6.07 Å². The van der Waals surface area contributed by atoms with Crippen LogP contribution in [0.5, 0.6) is 11.5 Å². The van der Waals surface area contributed by atoms with Crippen LogP contribution >= 0.6 is 0 Å². The van der Waals surface area contributed by atoms with E-state index in [0.29, 0.717) is 32.5 Å². The van der Waals surface area contributed by atoms with Crippen LogP contribution in [0.15, 0.2) is 78.9 Å². The summed E-state index contributed by atoms with van der Waals surface area (Å²) in [6.45, 7) is 1.57. The number of benzene rings is 3. The summed E-state index contributed by atoms with van der Waals surface area (Å²) in [7, 11) is 0. The molecule has 5 rings (SSSR count). The molecule has 1 fully saturated rings. The van der Waals surface area contributed by atoms with Crippen molar-refractivity contribution in [1.29, 1.82) is 0 Å². The van der Waals surface area contributed by atoms with Crippen molar-refractivity contribution in [2.24, 2.45) is 0 Å². The van der Waals surface area contributed by atoms with Crippen molar-refractivity contribution in [1.82, 2.24) is 4.90 Å². The van der Waals surface area contributed by atoms with Crippen LogP contribution in [0.25, 0.3) is 5.57 Å². The summed E-state index contributed by atoms with van der Waals surface area (Å²) in [5, 5.41) is 9.11. The van der Waals surface area contributed by atoms with Gasteiger partial charge in [-0.05, 0) is 41.0 Å². The fourth-order valence-corrected chi connectivity index (χ4v) is 4.65. The van der Waals surface area contributed by atoms with Gasteiger partial charge in [-0.2, -0.15) is 0 Å². The first-order chi connectivity index (χ1) is 16.5. The number of piperidine rings is 1. The smallest absolute Gasteiger partial charge is 0.317 e. The molecule has 0 amide bonds. The summed E-state index contributed by atoms with van der Waals surface area (Å²) in [6.07, 6.45) is 3.42. The van der Waals surface area contributed by atoms with E-state index < -0.39 is 17.4 Å². The monoisotopic (exact) mass is 459 g/mol. The van der Waals surface area contributed by atoms with Crippen molar-refractivity contribution < 1.29 is 23.8 Å². The van der Waals surface area contributed by atoms with Crippen molar-refractivity contribution in [2.45, 2.75) is 25.0 Å². The number of ether oxygens (including phenoxy) is 2. The summed E-state index contributed by atoms with van der Waals surface area (Å²) in [5.74, 6) is -0.266. The molecular weight excluding hydrogens is 433 g/mol. The number of fused-ring (bicyclic) bond motifs is 1. The van der Waals surface area contributed by atoms with Gasteiger partial charge in [-0.15, -0.1) is 0 Å². The minimum atomic E-state index is -0.827. The van der Waals surface area contributed by atoms with Crippen LogP contribution in [0, 0.1) is 5.82 Å². The van der Waals surface area contributed by atoms with Gasteiger partial charge in [-0.1, -0.05) is 54.6 Å². The average Bonchev–Trinajstić information content (AvgIpc) is 2.85. The molecular formula is C28H26FNO4. The second kappa shape index (κ2) is 9.31. The van der Waals surface area contributed by atoms with E-state index >= 15 is 4.39 Å². The van der Waals surface area contributed by atoms with Crippen molar-refractivity contribution in [2.75, 3.05) is 19.6 Å². The SMILES string of the molecule is O=C(O)CN1CCC2(C=C(c3ccc(OCc4ccccc4)c(F)c3)c3ccccc3O2)CC1. The molecule has 3 aromatic rings. The number of nitrogens with zero attached hydrogens (tertiary/aromatic N) is 1. The number of halogens is 1. The zero-order valence-corrected chi connectivity index (χ0v) is 18.7. The number of likely N-dealkylation sites (tertiary alicyclic amines) is 1. The van der Waals surface area contributed by atoms with Crippen LogP contribution in [0.3, 0.4) is 0 Å². The Kier molecular flexibility index (Phi) is 6.07. The lowest BCUT2D eigenvalue weighted by Gasteiger charge is -2.42. The first-order valence-electron chi connectivity index (χ1n) is 11.4. The molecule has 3 aromatic carbocycles. The molecule has 1 saturated heterocycles. The summed E-state index contributed by atoms with van der Waals surface area (Å²) < 4.78 is 27.2. The van der Waals surface area contributed by atoms with E-state index in [4.69, 9.17) is 14.6 Å². The number of carboxylic acid groups (broad SMARTS) is 1. The van der Waals surface area contributed by atoms with Gasteiger partial charge in [0.2, 0.25) is 0 Å². The van der Waals surface area contributed by atoms with Gasteiger partial charge >= 0.3 is 5.97 Å². The van der Waals surface area contributed by atoms with E-state index in [1.807, 2.05) is 65.6 Å². The van der Waals surface area contributed by atoms with Crippen LogP contribution in [0.1, 0.15) is 29.5 Å². The molecule has 2 aliphatic heterocycles. The van der Waals surface area contributed by atoms with Crippen molar-refractivity contribution >= 4 is 11.5 Å². The Morgan fingerprint density at radius 1 is 1.03 bits per heavy atom. The summed E-state index contributed by atoms with van der Waals surface area (Å²) in [5.41, 5.74) is 3.02. The molecule has 0 bridgehead atoms. The van der Waals surface area contributed by atoms with Crippen LogP contribution in [0.4, 0.5) is 4.39 Å². The number of para-hydroxylation sites is 1. The molecule has 0 radical (unpaired) electrons. The lowest BCUT2D eigenvalue weighted by atomic mass is 9.83. The Balaban J connectivity index is 1.41. The number of hydrogen-bond donors (Lipinski definition) is 1. The molecule has 5 nitrogen and oxygen atoms in total. The van der Waals surface area contributed by atoms with Crippen molar-refractivity contribution in [3.05, 3.63) is 101 Å². The molecule has 2 aliphatic rings. The summed E-state index contributed by atoms with van der Waals surface area (Å²) in [4.78, 5) is 13.0. The van der Waals surface area contributed by atoms with E-state index in [-0.39, 0.29) is 12.3 Å². The third-order valence-corrected chi connectivity index (χ3v) is 6.44. The second-order valence-corrected chi connectivity index (χ2v) is 8.81. The first-order valence-corrected chi connectivity index (χ1v) is 11.4. The third kappa shape index (κ3) is 4.68. The van der Waals surface area contributed by atoms with E-state index in [0.717, 1.165) is 28.0 Å². The van der Waals surface area contributed by atoms with Gasteiger partial charge < -0.3 is 14.6 Å². The fraction of sp³-hybridized carbons (Fsp3) is 0.250. The molecule has 2 heterocycles. The third-order valence-electron chi connectivity index (χ3n) is 6.44. The molecule has 0 aliphatic carbocycles. The average molecular weight is 460 g/mol. The van der Waals surface area contributed by atoms with Crippen molar-refractivity contribution in [3.63, 3.8) is 0 Å². The van der Waals surface area contributed by atoms with Gasteiger partial charge in [0, 0.05) is 31.5 Å². The van der Waals surface area contributed by atoms with Gasteiger partial charge in [0.05, 0.1) is 6.54 Å². The zero-order valence-electron chi connectivity index (χ0n) is 18.7. The number of carboxylic acids is 1. The highest BCUT2D eigenvalue weighted by Gasteiger charge is 2.39. The highest BCUT2D eigenvalue weighted by Crippen LogP contribution is 2.43. The van der Waals surface area contributed by atoms with E-state index in [9.17, 15) is 4.79 Å². The highest BCUT2D eigenvalue weighted by atomic mass is 19.1. The number of carbonyl (C=O) groups is 1. The lowest BCUT2D eigenvalue weighted by molar-refractivity contribution is -0.139. The topological polar surface area (TPSA) is 59.0 Å². The molecule has 0 saturated carbocycles. The van der Waals surface area contributed by atoms with Gasteiger partial charge in [0.25, 0.3) is 0 Å². The maximum atomic E-state index is 15.0. The molecule has 0 unspecified atom stereocenters. The number of hydrogen-bond acceptors (Lipinski definition) is 4. The standard InChI is InChI=1S/C28H26FNO4/c29-24-16-21(10-11-26(24)33-19-20-6-2-1-3-7-20)23-17-28(34-25-9-5-4-8-22(23)25)12-14-30(15-13-28)18-27(31)32/h1-11,16-17H,12-15,18-19H2,(H,31,32). The van der Waals surface area contributed by atoms with Gasteiger partial charge in [0.15, 0.2) is 11.6 Å². The Bertz CT molecular complexity index is 1220. The Morgan fingerprint density at radius 2 is 1.76 bits per heavy atom. The molecule has 0 atom stereocenters. The first kappa shape index (κ1) is 22.2.